The number of benzene rings is 1. The molecule has 1 aromatic carbocycles. The van der Waals surface area contributed by atoms with E-state index in [1.165, 1.54) is 11.1 Å². The Kier molecular flexibility index (Phi) is 7.21. The Morgan fingerprint density at radius 2 is 2.05 bits per heavy atom. The molecule has 0 atom stereocenters. The molecule has 0 amide bonds. The van der Waals surface area contributed by atoms with Crippen LogP contribution in [0.15, 0.2) is 53.7 Å². The van der Waals surface area contributed by atoms with E-state index >= 15 is 0 Å². The fourth-order valence-electron chi connectivity index (χ4n) is 1.72. The number of para-hydroxylation sites is 1. The van der Waals surface area contributed by atoms with Crippen molar-refractivity contribution in [3.63, 3.8) is 0 Å². The zero-order chi connectivity index (χ0) is 13.5. The second kappa shape index (κ2) is 8.68. The molecule has 1 aliphatic rings. The van der Waals surface area contributed by atoms with Crippen molar-refractivity contribution in [2.45, 2.75) is 6.92 Å². The fourth-order valence-corrected chi connectivity index (χ4v) is 2.66. The maximum Gasteiger partial charge on any atom is 0.0797 e. The minimum Gasteiger partial charge on any atom is -0.354 e. The highest BCUT2D eigenvalue weighted by Gasteiger charge is 2.08. The Labute approximate surface area is 135 Å². The van der Waals surface area contributed by atoms with Crippen LogP contribution in [0.4, 0.5) is 0 Å². The number of nitrogens with zero attached hydrogens (tertiary/aromatic N) is 2. The summed E-state index contributed by atoms with van der Waals surface area (Å²) in [6.07, 6.45) is 6.95. The van der Waals surface area contributed by atoms with Crippen LogP contribution in [0.3, 0.4) is 0 Å². The summed E-state index contributed by atoms with van der Waals surface area (Å²) in [5.74, 6) is 3.64. The number of allylic oxidation sites excluding steroid dienone is 1. The van der Waals surface area contributed by atoms with Gasteiger partial charge in [-0.3, -0.25) is 4.98 Å². The van der Waals surface area contributed by atoms with E-state index in [0.717, 1.165) is 17.9 Å². The SMILES string of the molecule is Br.C#CCN1CSC=C1C.c1ccc2ncccc2c1. The topological polar surface area (TPSA) is 16.1 Å². The predicted molar refractivity (Wildman–Crippen MR) is 93.8 cm³/mol. The second-order valence-corrected chi connectivity index (χ2v) is 4.98. The average Bonchev–Trinajstić information content (AvgIpc) is 2.86. The molecule has 3 rings (SSSR count). The monoisotopic (exact) mass is 348 g/mol. The van der Waals surface area contributed by atoms with Crippen LogP contribution in [0, 0.1) is 12.3 Å². The second-order valence-electron chi connectivity index (χ2n) is 4.15. The van der Waals surface area contributed by atoms with E-state index in [0.29, 0.717) is 0 Å². The van der Waals surface area contributed by atoms with Gasteiger partial charge in [0.15, 0.2) is 0 Å². The van der Waals surface area contributed by atoms with Crippen LogP contribution in [0.25, 0.3) is 10.9 Å². The third-order valence-corrected chi connectivity index (χ3v) is 3.75. The fraction of sp³-hybridized carbons (Fsp3) is 0.188. The van der Waals surface area contributed by atoms with E-state index in [4.69, 9.17) is 6.42 Å². The normalized spacial score (nSPS) is 12.8. The number of hydrogen-bond acceptors (Lipinski definition) is 3. The summed E-state index contributed by atoms with van der Waals surface area (Å²) in [4.78, 5) is 6.35. The number of fused-ring (bicyclic) bond motifs is 1. The maximum atomic E-state index is 5.14. The molecule has 20 heavy (non-hydrogen) atoms. The van der Waals surface area contributed by atoms with E-state index in [1.807, 2.05) is 30.5 Å². The molecule has 0 unspecified atom stereocenters. The van der Waals surface area contributed by atoms with Crippen molar-refractivity contribution in [2.24, 2.45) is 0 Å². The lowest BCUT2D eigenvalue weighted by Crippen LogP contribution is -2.17. The third-order valence-electron chi connectivity index (χ3n) is 2.78. The van der Waals surface area contributed by atoms with Crippen LogP contribution in [-0.4, -0.2) is 22.3 Å². The first-order chi connectivity index (χ1) is 9.31. The lowest BCUT2D eigenvalue weighted by atomic mass is 10.2. The van der Waals surface area contributed by atoms with Crippen molar-refractivity contribution in [3.8, 4) is 12.3 Å². The quantitative estimate of drug-likeness (QED) is 0.714. The number of thioether (sulfide) groups is 1. The van der Waals surface area contributed by atoms with Gasteiger partial charge in [-0.25, -0.2) is 0 Å². The lowest BCUT2D eigenvalue weighted by Gasteiger charge is -2.14. The van der Waals surface area contributed by atoms with Gasteiger partial charge in [0.05, 0.1) is 17.9 Å². The standard InChI is InChI=1S/C9H7N.C7H9NS.BrH/c1-2-6-9-8(4-1)5-3-7-10-9;1-3-4-8-6-9-5-7(8)2;/h1-7H;1,5H,4,6H2,2H3;1H. The molecule has 0 aliphatic carbocycles. The highest BCUT2D eigenvalue weighted by molar-refractivity contribution is 8.93. The number of rotatable bonds is 1. The van der Waals surface area contributed by atoms with Gasteiger partial charge in [-0.2, -0.15) is 0 Å². The smallest absolute Gasteiger partial charge is 0.0797 e. The Morgan fingerprint density at radius 3 is 2.70 bits per heavy atom. The average molecular weight is 349 g/mol. The van der Waals surface area contributed by atoms with E-state index in [1.54, 1.807) is 11.8 Å². The number of hydrogen-bond donors (Lipinski definition) is 0. The molecule has 1 aromatic heterocycles. The summed E-state index contributed by atoms with van der Waals surface area (Å²) >= 11 is 1.80. The molecule has 2 nitrogen and oxygen atoms in total. The van der Waals surface area contributed by atoms with Crippen molar-refractivity contribution in [1.29, 1.82) is 0 Å². The van der Waals surface area contributed by atoms with E-state index in [9.17, 15) is 0 Å². The van der Waals surface area contributed by atoms with Crippen molar-refractivity contribution in [1.82, 2.24) is 9.88 Å². The summed E-state index contributed by atoms with van der Waals surface area (Å²) in [6.45, 7) is 2.83. The van der Waals surface area contributed by atoms with Crippen molar-refractivity contribution < 1.29 is 0 Å². The molecule has 0 N–H and O–H groups in total. The third kappa shape index (κ3) is 4.59. The zero-order valence-corrected chi connectivity index (χ0v) is 13.9. The zero-order valence-electron chi connectivity index (χ0n) is 11.3. The van der Waals surface area contributed by atoms with Gasteiger partial charge in [0.1, 0.15) is 0 Å². The van der Waals surface area contributed by atoms with Crippen LogP contribution in [-0.2, 0) is 0 Å². The molecule has 4 heteroatoms. The van der Waals surface area contributed by atoms with Gasteiger partial charge in [0.25, 0.3) is 0 Å². The molecular formula is C16H17BrN2S. The van der Waals surface area contributed by atoms with Crippen molar-refractivity contribution >= 4 is 39.6 Å². The van der Waals surface area contributed by atoms with Crippen LogP contribution in [0.2, 0.25) is 0 Å². The lowest BCUT2D eigenvalue weighted by molar-refractivity contribution is 0.464. The Balaban J connectivity index is 0.000000192. The highest BCUT2D eigenvalue weighted by Crippen LogP contribution is 2.21. The summed E-state index contributed by atoms with van der Waals surface area (Å²) in [5.41, 5.74) is 2.35. The van der Waals surface area contributed by atoms with Crippen LogP contribution < -0.4 is 0 Å². The molecule has 0 bridgehead atoms. The molecule has 0 saturated carbocycles. The molecule has 0 radical (unpaired) electrons. The van der Waals surface area contributed by atoms with Crippen LogP contribution in [0.1, 0.15) is 6.92 Å². The number of aromatic nitrogens is 1. The van der Waals surface area contributed by atoms with Crippen molar-refractivity contribution in [2.75, 3.05) is 12.4 Å². The highest BCUT2D eigenvalue weighted by atomic mass is 79.9. The van der Waals surface area contributed by atoms with Gasteiger partial charge >= 0.3 is 0 Å². The van der Waals surface area contributed by atoms with Gasteiger partial charge in [-0.15, -0.1) is 35.2 Å². The number of pyridine rings is 1. The Hall–Kier alpha value is -1.44. The van der Waals surface area contributed by atoms with Crippen LogP contribution in [0.5, 0.6) is 0 Å². The van der Waals surface area contributed by atoms with E-state index in [-0.39, 0.29) is 17.0 Å². The van der Waals surface area contributed by atoms with Crippen molar-refractivity contribution in [3.05, 3.63) is 53.7 Å². The molecule has 1 aliphatic heterocycles. The number of halogens is 1. The van der Waals surface area contributed by atoms with Gasteiger partial charge in [0, 0.05) is 17.3 Å². The molecule has 0 saturated heterocycles. The summed E-state index contributed by atoms with van der Waals surface area (Å²) in [7, 11) is 0. The molecular weight excluding hydrogens is 332 g/mol. The van der Waals surface area contributed by atoms with Gasteiger partial charge in [-0.1, -0.05) is 30.2 Å². The maximum absolute atomic E-state index is 5.14. The van der Waals surface area contributed by atoms with E-state index < -0.39 is 0 Å². The predicted octanol–water partition coefficient (Wildman–Crippen LogP) is 4.30. The molecule has 2 aromatic rings. The first-order valence-electron chi connectivity index (χ1n) is 6.08. The first kappa shape index (κ1) is 16.6. The van der Waals surface area contributed by atoms with E-state index in [2.05, 4.69) is 40.3 Å². The minimum atomic E-state index is 0. The minimum absolute atomic E-state index is 0. The summed E-state index contributed by atoms with van der Waals surface area (Å²) < 4.78 is 0. The Morgan fingerprint density at radius 1 is 1.30 bits per heavy atom. The van der Waals surface area contributed by atoms with Gasteiger partial charge in [-0.05, 0) is 24.5 Å². The molecule has 0 fully saturated rings. The molecule has 104 valence electrons. The number of terminal acetylenes is 1. The van der Waals surface area contributed by atoms with Gasteiger partial charge in [0.2, 0.25) is 0 Å². The summed E-state index contributed by atoms with van der Waals surface area (Å²) in [6, 6.07) is 12.1. The van der Waals surface area contributed by atoms with Crippen LogP contribution >= 0.6 is 28.7 Å². The van der Waals surface area contributed by atoms with Gasteiger partial charge < -0.3 is 4.90 Å². The molecule has 0 spiro atoms. The Bertz CT molecular complexity index is 554. The largest absolute Gasteiger partial charge is 0.354 e. The first-order valence-corrected chi connectivity index (χ1v) is 7.12. The molecule has 2 heterocycles. The summed E-state index contributed by atoms with van der Waals surface area (Å²) in [5, 5.41) is 3.34.